The van der Waals surface area contributed by atoms with E-state index in [9.17, 15) is 4.79 Å². The largest absolute Gasteiger partial charge is 0.376 e. The molecule has 2 heterocycles. The molecule has 118 valence electrons. The third-order valence-electron chi connectivity index (χ3n) is 3.71. The van der Waals surface area contributed by atoms with Crippen LogP contribution in [0, 0.1) is 19.8 Å². The minimum atomic E-state index is -0.120. The molecule has 2 rings (SSSR count). The fraction of sp³-hybridized carbons (Fsp3) is 0.733. The third-order valence-corrected chi connectivity index (χ3v) is 3.71. The van der Waals surface area contributed by atoms with Crippen molar-refractivity contribution in [1.82, 2.24) is 20.4 Å². The number of amides is 2. The molecular formula is C15H26N4O2. The van der Waals surface area contributed by atoms with Crippen LogP contribution in [-0.2, 0) is 11.3 Å². The topological polar surface area (TPSA) is 68.2 Å². The molecule has 21 heavy (non-hydrogen) atoms. The average Bonchev–Trinajstić information content (AvgIpc) is 3.04. The number of urea groups is 1. The number of carbonyl (C=O) groups is 1. The Kier molecular flexibility index (Phi) is 5.61. The lowest BCUT2D eigenvalue weighted by Crippen LogP contribution is -2.41. The van der Waals surface area contributed by atoms with Crippen molar-refractivity contribution < 1.29 is 9.53 Å². The van der Waals surface area contributed by atoms with Crippen LogP contribution in [0.1, 0.15) is 31.2 Å². The summed E-state index contributed by atoms with van der Waals surface area (Å²) < 4.78 is 7.46. The Morgan fingerprint density at radius 2 is 2.33 bits per heavy atom. The monoisotopic (exact) mass is 294 g/mol. The van der Waals surface area contributed by atoms with Crippen LogP contribution >= 0.6 is 0 Å². The van der Waals surface area contributed by atoms with Crippen molar-refractivity contribution in [3.63, 3.8) is 0 Å². The SMILES string of the molecule is Cc1cc(C)n(C[C@H](C)CNC(=O)NC[C@@H]2CCCO2)n1. The maximum absolute atomic E-state index is 11.7. The first kappa shape index (κ1) is 15.8. The number of hydrogen-bond acceptors (Lipinski definition) is 3. The van der Waals surface area contributed by atoms with Gasteiger partial charge in [-0.2, -0.15) is 5.10 Å². The lowest BCUT2D eigenvalue weighted by atomic mass is 10.2. The highest BCUT2D eigenvalue weighted by atomic mass is 16.5. The van der Waals surface area contributed by atoms with E-state index in [2.05, 4.69) is 35.6 Å². The molecule has 1 aliphatic rings. The van der Waals surface area contributed by atoms with Crippen molar-refractivity contribution >= 4 is 6.03 Å². The summed E-state index contributed by atoms with van der Waals surface area (Å²) in [6, 6.07) is 1.94. The Balaban J connectivity index is 1.64. The summed E-state index contributed by atoms with van der Waals surface area (Å²) in [5.41, 5.74) is 2.18. The Morgan fingerprint density at radius 1 is 1.52 bits per heavy atom. The van der Waals surface area contributed by atoms with Gasteiger partial charge in [0, 0.05) is 31.9 Å². The molecule has 6 heteroatoms. The summed E-state index contributed by atoms with van der Waals surface area (Å²) in [6.45, 7) is 9.00. The zero-order valence-corrected chi connectivity index (χ0v) is 13.2. The molecule has 2 atom stereocenters. The molecule has 0 aliphatic carbocycles. The van der Waals surface area contributed by atoms with Gasteiger partial charge in [0.2, 0.25) is 0 Å². The van der Waals surface area contributed by atoms with E-state index in [4.69, 9.17) is 4.74 Å². The maximum atomic E-state index is 11.7. The number of ether oxygens (including phenoxy) is 1. The molecule has 1 fully saturated rings. The number of nitrogens with one attached hydrogen (secondary N) is 2. The van der Waals surface area contributed by atoms with Crippen molar-refractivity contribution in [2.75, 3.05) is 19.7 Å². The van der Waals surface area contributed by atoms with Crippen molar-refractivity contribution in [2.45, 2.75) is 46.3 Å². The molecule has 2 amide bonds. The van der Waals surface area contributed by atoms with E-state index >= 15 is 0 Å². The van der Waals surface area contributed by atoms with E-state index in [0.29, 0.717) is 19.0 Å². The highest BCUT2D eigenvalue weighted by Gasteiger charge is 2.16. The summed E-state index contributed by atoms with van der Waals surface area (Å²) in [6.07, 6.45) is 2.31. The zero-order valence-electron chi connectivity index (χ0n) is 13.2. The molecule has 0 radical (unpaired) electrons. The number of nitrogens with zero attached hydrogens (tertiary/aromatic N) is 2. The second kappa shape index (κ2) is 7.45. The van der Waals surface area contributed by atoms with Gasteiger partial charge in [0.15, 0.2) is 0 Å². The Morgan fingerprint density at radius 3 is 2.95 bits per heavy atom. The van der Waals surface area contributed by atoms with Crippen molar-refractivity contribution in [2.24, 2.45) is 5.92 Å². The molecule has 1 aromatic rings. The maximum Gasteiger partial charge on any atom is 0.314 e. The minimum Gasteiger partial charge on any atom is -0.376 e. The fourth-order valence-electron chi connectivity index (χ4n) is 2.56. The van der Waals surface area contributed by atoms with Gasteiger partial charge in [0.05, 0.1) is 11.8 Å². The van der Waals surface area contributed by atoms with Crippen LogP contribution < -0.4 is 10.6 Å². The first-order valence-corrected chi connectivity index (χ1v) is 7.69. The molecule has 2 N–H and O–H groups in total. The number of rotatable bonds is 6. The van der Waals surface area contributed by atoms with Crippen LogP contribution in [-0.4, -0.2) is 41.6 Å². The first-order chi connectivity index (χ1) is 10.0. The van der Waals surface area contributed by atoms with Gasteiger partial charge in [-0.3, -0.25) is 4.68 Å². The van der Waals surface area contributed by atoms with Gasteiger partial charge in [0.1, 0.15) is 0 Å². The second-order valence-electron chi connectivity index (χ2n) is 5.94. The summed E-state index contributed by atoms with van der Waals surface area (Å²) >= 11 is 0. The summed E-state index contributed by atoms with van der Waals surface area (Å²) in [5, 5.41) is 10.2. The number of aromatic nitrogens is 2. The van der Waals surface area contributed by atoms with Gasteiger partial charge in [-0.1, -0.05) is 6.92 Å². The van der Waals surface area contributed by atoms with Crippen LogP contribution in [0.2, 0.25) is 0 Å². The van der Waals surface area contributed by atoms with Crippen LogP contribution in [0.15, 0.2) is 6.07 Å². The van der Waals surface area contributed by atoms with E-state index in [0.717, 1.165) is 37.4 Å². The molecule has 1 aliphatic heterocycles. The third kappa shape index (κ3) is 5.04. The lowest BCUT2D eigenvalue weighted by Gasteiger charge is -2.15. The van der Waals surface area contributed by atoms with E-state index in [1.165, 1.54) is 0 Å². The highest BCUT2D eigenvalue weighted by molar-refractivity contribution is 5.73. The van der Waals surface area contributed by atoms with Crippen LogP contribution in [0.25, 0.3) is 0 Å². The van der Waals surface area contributed by atoms with Gasteiger partial charge in [-0.05, 0) is 38.7 Å². The molecular weight excluding hydrogens is 268 g/mol. The standard InChI is InChI=1S/C15H26N4O2/c1-11(10-19-13(3)7-12(2)18-19)8-16-15(20)17-9-14-5-4-6-21-14/h7,11,14H,4-6,8-10H2,1-3H3,(H2,16,17,20)/t11-,14+/m1/s1. The quantitative estimate of drug-likeness (QED) is 0.837. The Labute approximate surface area is 126 Å². The summed E-state index contributed by atoms with van der Waals surface area (Å²) in [4.78, 5) is 11.7. The van der Waals surface area contributed by atoms with Crippen LogP contribution in [0.5, 0.6) is 0 Å². The molecule has 0 aromatic carbocycles. The molecule has 0 spiro atoms. The van der Waals surface area contributed by atoms with E-state index in [1.54, 1.807) is 0 Å². The van der Waals surface area contributed by atoms with Gasteiger partial charge < -0.3 is 15.4 Å². The van der Waals surface area contributed by atoms with Gasteiger partial charge in [-0.15, -0.1) is 0 Å². The van der Waals surface area contributed by atoms with Crippen LogP contribution in [0.3, 0.4) is 0 Å². The normalized spacial score (nSPS) is 19.5. The van der Waals surface area contributed by atoms with Crippen molar-refractivity contribution in [3.8, 4) is 0 Å². The molecule has 0 saturated carbocycles. The molecule has 0 unspecified atom stereocenters. The number of carbonyl (C=O) groups excluding carboxylic acids is 1. The molecule has 0 bridgehead atoms. The molecule has 1 aromatic heterocycles. The zero-order chi connectivity index (χ0) is 15.2. The number of hydrogen-bond donors (Lipinski definition) is 2. The Hall–Kier alpha value is -1.56. The summed E-state index contributed by atoms with van der Waals surface area (Å²) in [5.74, 6) is 0.330. The van der Waals surface area contributed by atoms with Gasteiger partial charge in [-0.25, -0.2) is 4.79 Å². The van der Waals surface area contributed by atoms with E-state index in [1.807, 2.05) is 11.6 Å². The smallest absolute Gasteiger partial charge is 0.314 e. The summed E-state index contributed by atoms with van der Waals surface area (Å²) in [7, 11) is 0. The lowest BCUT2D eigenvalue weighted by molar-refractivity contribution is 0.111. The number of aryl methyl sites for hydroxylation is 2. The highest BCUT2D eigenvalue weighted by Crippen LogP contribution is 2.10. The van der Waals surface area contributed by atoms with Crippen molar-refractivity contribution in [1.29, 1.82) is 0 Å². The fourth-order valence-corrected chi connectivity index (χ4v) is 2.56. The Bertz CT molecular complexity index is 466. The second-order valence-corrected chi connectivity index (χ2v) is 5.94. The average molecular weight is 294 g/mol. The first-order valence-electron chi connectivity index (χ1n) is 7.69. The molecule has 1 saturated heterocycles. The molecule has 6 nitrogen and oxygen atoms in total. The van der Waals surface area contributed by atoms with Crippen LogP contribution in [0.4, 0.5) is 4.79 Å². The predicted octanol–water partition coefficient (Wildman–Crippen LogP) is 1.61. The van der Waals surface area contributed by atoms with Gasteiger partial charge >= 0.3 is 6.03 Å². The van der Waals surface area contributed by atoms with Crippen molar-refractivity contribution in [3.05, 3.63) is 17.5 Å². The van der Waals surface area contributed by atoms with E-state index in [-0.39, 0.29) is 12.1 Å². The minimum absolute atomic E-state index is 0.120. The van der Waals surface area contributed by atoms with E-state index < -0.39 is 0 Å². The van der Waals surface area contributed by atoms with Gasteiger partial charge in [0.25, 0.3) is 0 Å². The predicted molar refractivity (Wildman–Crippen MR) is 81.2 cm³/mol.